The number of hydrogen-bond acceptors (Lipinski definition) is 5. The van der Waals surface area contributed by atoms with Crippen molar-refractivity contribution >= 4 is 17.2 Å². The molecule has 1 heterocycles. The van der Waals surface area contributed by atoms with Crippen LogP contribution < -0.4 is 15.4 Å². The minimum absolute atomic E-state index is 0.477. The third-order valence-electron chi connectivity index (χ3n) is 3.21. The summed E-state index contributed by atoms with van der Waals surface area (Å²) in [6, 6.07) is 9.73. The van der Waals surface area contributed by atoms with Crippen LogP contribution >= 0.6 is 0 Å². The van der Waals surface area contributed by atoms with E-state index in [9.17, 15) is 0 Å². The summed E-state index contributed by atoms with van der Waals surface area (Å²) in [5, 5.41) is 14.3. The topological polar surface area (TPSA) is 70.0 Å². The third kappa shape index (κ3) is 3.51. The highest BCUT2D eigenvalue weighted by atomic mass is 16.5. The lowest BCUT2D eigenvalue weighted by atomic mass is 10.1. The van der Waals surface area contributed by atoms with Gasteiger partial charge in [-0.25, -0.2) is 4.98 Å². The Hall–Kier alpha value is -2.56. The Morgan fingerprint density at radius 2 is 1.95 bits per heavy atom. The maximum absolute atomic E-state index is 7.92. The van der Waals surface area contributed by atoms with E-state index in [2.05, 4.69) is 15.6 Å². The van der Waals surface area contributed by atoms with Gasteiger partial charge in [-0.15, -0.1) is 0 Å². The Morgan fingerprint density at radius 1 is 1.24 bits per heavy atom. The van der Waals surface area contributed by atoms with Crippen LogP contribution in [-0.4, -0.2) is 24.9 Å². The van der Waals surface area contributed by atoms with Crippen LogP contribution in [-0.2, 0) is 6.54 Å². The Labute approximate surface area is 124 Å². The zero-order valence-electron chi connectivity index (χ0n) is 12.5. The van der Waals surface area contributed by atoms with Gasteiger partial charge in [-0.3, -0.25) is 0 Å². The van der Waals surface area contributed by atoms with Gasteiger partial charge >= 0.3 is 0 Å². The van der Waals surface area contributed by atoms with Gasteiger partial charge < -0.3 is 20.8 Å². The number of aromatic nitrogens is 1. The van der Waals surface area contributed by atoms with Crippen molar-refractivity contribution in [1.82, 2.24) is 4.98 Å². The van der Waals surface area contributed by atoms with Crippen molar-refractivity contribution in [1.29, 1.82) is 5.41 Å². The maximum atomic E-state index is 7.92. The summed E-state index contributed by atoms with van der Waals surface area (Å²) in [5.41, 5.74) is 3.30. The van der Waals surface area contributed by atoms with Crippen LogP contribution in [0.1, 0.15) is 18.1 Å². The van der Waals surface area contributed by atoms with Crippen molar-refractivity contribution in [3.05, 3.63) is 47.7 Å². The Balaban J connectivity index is 2.17. The monoisotopic (exact) mass is 284 g/mol. The number of rotatable bonds is 6. The van der Waals surface area contributed by atoms with E-state index < -0.39 is 0 Å². The first-order valence-electron chi connectivity index (χ1n) is 6.74. The van der Waals surface area contributed by atoms with Gasteiger partial charge in [-0.2, -0.15) is 0 Å². The summed E-state index contributed by atoms with van der Waals surface area (Å²) in [7, 11) is 3.49. The predicted octanol–water partition coefficient (Wildman–Crippen LogP) is 3.13. The molecule has 0 saturated heterocycles. The fourth-order valence-corrected chi connectivity index (χ4v) is 2.11. The van der Waals surface area contributed by atoms with Crippen LogP contribution in [0.3, 0.4) is 0 Å². The molecule has 0 aliphatic heterocycles. The standard InChI is InChI=1S/C16H20N4O/c1-11(17)15-14(18-2)8-9-19-16(15)20-10-12-4-6-13(21-3)7-5-12/h4-9,17H,10H2,1-3H3,(H2,18,19,20). The van der Waals surface area contributed by atoms with E-state index in [0.29, 0.717) is 18.1 Å². The van der Waals surface area contributed by atoms with Gasteiger partial charge in [-0.05, 0) is 30.7 Å². The van der Waals surface area contributed by atoms with Crippen molar-refractivity contribution in [2.45, 2.75) is 13.5 Å². The number of anilines is 2. The molecular weight excluding hydrogens is 264 g/mol. The first kappa shape index (κ1) is 14.8. The van der Waals surface area contributed by atoms with Crippen LogP contribution in [0.2, 0.25) is 0 Å². The Morgan fingerprint density at radius 3 is 2.52 bits per heavy atom. The fourth-order valence-electron chi connectivity index (χ4n) is 2.11. The molecule has 21 heavy (non-hydrogen) atoms. The number of benzene rings is 1. The van der Waals surface area contributed by atoms with E-state index in [4.69, 9.17) is 10.1 Å². The summed E-state index contributed by atoms with van der Waals surface area (Å²) in [4.78, 5) is 4.34. The molecule has 0 radical (unpaired) electrons. The highest BCUT2D eigenvalue weighted by molar-refractivity contribution is 6.05. The molecule has 0 spiro atoms. The first-order chi connectivity index (χ1) is 10.2. The lowest BCUT2D eigenvalue weighted by molar-refractivity contribution is 0.414. The van der Waals surface area contributed by atoms with Crippen molar-refractivity contribution in [3.63, 3.8) is 0 Å². The SMILES string of the molecule is CNc1ccnc(NCc2ccc(OC)cc2)c1C(C)=N. The zero-order chi connectivity index (χ0) is 15.2. The lowest BCUT2D eigenvalue weighted by Crippen LogP contribution is -2.09. The minimum atomic E-state index is 0.477. The molecule has 2 rings (SSSR count). The molecule has 0 aliphatic rings. The predicted molar refractivity (Wildman–Crippen MR) is 86.6 cm³/mol. The van der Waals surface area contributed by atoms with Gasteiger partial charge in [0.25, 0.3) is 0 Å². The van der Waals surface area contributed by atoms with E-state index in [1.807, 2.05) is 37.4 Å². The van der Waals surface area contributed by atoms with Gasteiger partial charge in [0.05, 0.1) is 12.7 Å². The number of nitrogens with zero attached hydrogens (tertiary/aromatic N) is 1. The summed E-state index contributed by atoms with van der Waals surface area (Å²) in [6.45, 7) is 2.40. The second-order valence-corrected chi connectivity index (χ2v) is 4.66. The van der Waals surface area contributed by atoms with Crippen molar-refractivity contribution < 1.29 is 4.74 Å². The van der Waals surface area contributed by atoms with Gasteiger partial charge in [0.2, 0.25) is 0 Å². The van der Waals surface area contributed by atoms with Crippen molar-refractivity contribution in [2.75, 3.05) is 24.8 Å². The van der Waals surface area contributed by atoms with E-state index in [1.165, 1.54) is 0 Å². The Bertz CT molecular complexity index is 623. The average molecular weight is 284 g/mol. The van der Waals surface area contributed by atoms with Gasteiger partial charge in [-0.1, -0.05) is 12.1 Å². The van der Waals surface area contributed by atoms with E-state index in [0.717, 1.165) is 22.6 Å². The Kier molecular flexibility index (Phi) is 4.77. The molecule has 0 atom stereocenters. The largest absolute Gasteiger partial charge is 0.497 e. The fraction of sp³-hybridized carbons (Fsp3) is 0.250. The van der Waals surface area contributed by atoms with Gasteiger partial charge in [0, 0.05) is 31.2 Å². The van der Waals surface area contributed by atoms with Crippen LogP contribution in [0, 0.1) is 5.41 Å². The van der Waals surface area contributed by atoms with Crippen molar-refractivity contribution in [2.24, 2.45) is 0 Å². The second kappa shape index (κ2) is 6.74. The van der Waals surface area contributed by atoms with Crippen LogP contribution in [0.15, 0.2) is 36.5 Å². The normalized spacial score (nSPS) is 10.0. The minimum Gasteiger partial charge on any atom is -0.497 e. The molecular formula is C16H20N4O. The molecule has 5 heteroatoms. The van der Waals surface area contributed by atoms with E-state index >= 15 is 0 Å². The molecule has 0 amide bonds. The molecule has 0 saturated carbocycles. The van der Waals surface area contributed by atoms with Crippen LogP contribution in [0.4, 0.5) is 11.5 Å². The molecule has 5 nitrogen and oxygen atoms in total. The average Bonchev–Trinajstić information content (AvgIpc) is 2.52. The third-order valence-corrected chi connectivity index (χ3v) is 3.21. The van der Waals surface area contributed by atoms with E-state index in [-0.39, 0.29) is 0 Å². The molecule has 2 aromatic rings. The molecule has 3 N–H and O–H groups in total. The van der Waals surface area contributed by atoms with Gasteiger partial charge in [0.1, 0.15) is 11.6 Å². The highest BCUT2D eigenvalue weighted by Gasteiger charge is 2.10. The van der Waals surface area contributed by atoms with Crippen LogP contribution in [0.5, 0.6) is 5.75 Å². The molecule has 0 unspecified atom stereocenters. The van der Waals surface area contributed by atoms with Crippen LogP contribution in [0.25, 0.3) is 0 Å². The number of hydrogen-bond donors (Lipinski definition) is 3. The molecule has 1 aromatic heterocycles. The molecule has 1 aromatic carbocycles. The number of pyridine rings is 1. The smallest absolute Gasteiger partial charge is 0.137 e. The molecule has 0 bridgehead atoms. The molecule has 0 aliphatic carbocycles. The number of nitrogens with one attached hydrogen (secondary N) is 3. The van der Waals surface area contributed by atoms with E-state index in [1.54, 1.807) is 20.2 Å². The summed E-state index contributed by atoms with van der Waals surface area (Å²) in [6.07, 6.45) is 1.73. The molecule has 110 valence electrons. The van der Waals surface area contributed by atoms with Crippen molar-refractivity contribution in [3.8, 4) is 5.75 Å². The number of methoxy groups -OCH3 is 1. The summed E-state index contributed by atoms with van der Waals surface area (Å²) < 4.78 is 5.14. The molecule has 0 fully saturated rings. The zero-order valence-corrected chi connectivity index (χ0v) is 12.5. The highest BCUT2D eigenvalue weighted by Crippen LogP contribution is 2.23. The summed E-state index contributed by atoms with van der Waals surface area (Å²) in [5.74, 6) is 1.55. The quantitative estimate of drug-likeness (QED) is 0.713. The summed E-state index contributed by atoms with van der Waals surface area (Å²) >= 11 is 0. The number of ether oxygens (including phenoxy) is 1. The second-order valence-electron chi connectivity index (χ2n) is 4.66. The maximum Gasteiger partial charge on any atom is 0.137 e. The lowest BCUT2D eigenvalue weighted by Gasteiger charge is -2.14. The van der Waals surface area contributed by atoms with Gasteiger partial charge in [0.15, 0.2) is 0 Å². The first-order valence-corrected chi connectivity index (χ1v) is 6.74.